The summed E-state index contributed by atoms with van der Waals surface area (Å²) >= 11 is 0. The molecule has 1 aliphatic heterocycles. The van der Waals surface area contributed by atoms with Crippen molar-refractivity contribution in [2.24, 2.45) is 0 Å². The Bertz CT molecular complexity index is 1060. The van der Waals surface area contributed by atoms with Crippen molar-refractivity contribution in [2.75, 3.05) is 7.11 Å². The number of nitrogens with zero attached hydrogens (tertiary/aromatic N) is 2. The molecule has 1 atom stereocenters. The Morgan fingerprint density at radius 3 is 2.63 bits per heavy atom. The van der Waals surface area contributed by atoms with Crippen LogP contribution >= 0.6 is 0 Å². The number of hydrogen-bond donors (Lipinski definition) is 1. The van der Waals surface area contributed by atoms with Crippen LogP contribution in [0.15, 0.2) is 42.6 Å². The monoisotopic (exact) mass is 366 g/mol. The first kappa shape index (κ1) is 17.4. The highest BCUT2D eigenvalue weighted by atomic mass is 19.1. The molecule has 0 saturated heterocycles. The van der Waals surface area contributed by atoms with E-state index in [1.165, 1.54) is 24.1 Å². The number of benzene rings is 2. The number of carbonyl (C=O) groups is 1. The lowest BCUT2D eigenvalue weighted by molar-refractivity contribution is -0.0737. The predicted octanol–water partition coefficient (Wildman–Crippen LogP) is 3.51. The number of hydrogen-bond acceptors (Lipinski definition) is 4. The van der Waals surface area contributed by atoms with Gasteiger partial charge in [0.1, 0.15) is 11.6 Å². The SMILES string of the molecule is COc1c2c(c(C)c3ncccc13)C(=O)N(Cc1ccc(F)cc1)C2(C)O. The maximum Gasteiger partial charge on any atom is 0.257 e. The fourth-order valence-corrected chi connectivity index (χ4v) is 3.84. The maximum atomic E-state index is 13.2. The minimum Gasteiger partial charge on any atom is -0.496 e. The third kappa shape index (κ3) is 2.48. The molecule has 6 heteroatoms. The van der Waals surface area contributed by atoms with E-state index in [2.05, 4.69) is 4.98 Å². The fourth-order valence-electron chi connectivity index (χ4n) is 3.84. The quantitative estimate of drug-likeness (QED) is 0.771. The summed E-state index contributed by atoms with van der Waals surface area (Å²) in [6.45, 7) is 3.54. The predicted molar refractivity (Wildman–Crippen MR) is 98.9 cm³/mol. The number of aryl methyl sites for hydroxylation is 1. The zero-order chi connectivity index (χ0) is 19.3. The van der Waals surface area contributed by atoms with Gasteiger partial charge >= 0.3 is 0 Å². The van der Waals surface area contributed by atoms with Crippen LogP contribution in [-0.2, 0) is 12.3 Å². The zero-order valence-electron chi connectivity index (χ0n) is 15.3. The second-order valence-electron chi connectivity index (χ2n) is 6.85. The molecular formula is C21H19FN2O3. The standard InChI is InChI=1S/C21H19FN2O3/c1-12-16-17(19(27-3)15-5-4-10-23-18(12)15)21(2,26)24(20(16)25)11-13-6-8-14(22)9-7-13/h4-10,26H,11H2,1-3H3. The van der Waals surface area contributed by atoms with Crippen molar-refractivity contribution in [3.63, 3.8) is 0 Å². The Kier molecular flexibility index (Phi) is 3.89. The smallest absolute Gasteiger partial charge is 0.257 e. The number of methoxy groups -OCH3 is 1. The first-order chi connectivity index (χ1) is 12.9. The van der Waals surface area contributed by atoms with E-state index in [-0.39, 0.29) is 18.3 Å². The average Bonchev–Trinajstić information content (AvgIpc) is 2.85. The molecule has 138 valence electrons. The molecule has 0 radical (unpaired) electrons. The fraction of sp³-hybridized carbons (Fsp3) is 0.238. The van der Waals surface area contributed by atoms with Crippen LogP contribution in [0, 0.1) is 12.7 Å². The van der Waals surface area contributed by atoms with Crippen LogP contribution in [0.3, 0.4) is 0 Å². The van der Waals surface area contributed by atoms with Gasteiger partial charge in [0, 0.05) is 18.1 Å². The summed E-state index contributed by atoms with van der Waals surface area (Å²) in [4.78, 5) is 19.0. The number of aromatic nitrogens is 1. The molecule has 1 aromatic heterocycles. The minimum atomic E-state index is -1.57. The summed E-state index contributed by atoms with van der Waals surface area (Å²) in [5.41, 5.74) is 1.37. The highest BCUT2D eigenvalue weighted by Crippen LogP contribution is 2.48. The Labute approximate surface area is 156 Å². The molecule has 0 bridgehead atoms. The Morgan fingerprint density at radius 1 is 1.26 bits per heavy atom. The third-order valence-electron chi connectivity index (χ3n) is 5.18. The zero-order valence-corrected chi connectivity index (χ0v) is 15.3. The third-order valence-corrected chi connectivity index (χ3v) is 5.18. The van der Waals surface area contributed by atoms with Crippen molar-refractivity contribution in [1.29, 1.82) is 0 Å². The molecule has 1 amide bonds. The minimum absolute atomic E-state index is 0.146. The second kappa shape index (κ2) is 6.03. The van der Waals surface area contributed by atoms with Crippen LogP contribution in [0.2, 0.25) is 0 Å². The van der Waals surface area contributed by atoms with Gasteiger partial charge in [0.05, 0.1) is 23.8 Å². The Hall–Kier alpha value is -2.99. The number of ether oxygens (including phenoxy) is 1. The molecule has 5 nitrogen and oxygen atoms in total. The molecule has 0 spiro atoms. The number of rotatable bonds is 3. The molecule has 0 saturated carbocycles. The number of halogens is 1. The van der Waals surface area contributed by atoms with Crippen LogP contribution in [0.25, 0.3) is 10.9 Å². The van der Waals surface area contributed by atoms with E-state index in [1.54, 1.807) is 31.3 Å². The topological polar surface area (TPSA) is 62.7 Å². The molecule has 1 N–H and O–H groups in total. The summed E-state index contributed by atoms with van der Waals surface area (Å²) in [7, 11) is 1.51. The Balaban J connectivity index is 1.92. The van der Waals surface area contributed by atoms with Gasteiger partial charge in [-0.1, -0.05) is 12.1 Å². The van der Waals surface area contributed by atoms with Crippen molar-refractivity contribution in [2.45, 2.75) is 26.1 Å². The van der Waals surface area contributed by atoms with Crippen LogP contribution in [-0.4, -0.2) is 28.0 Å². The lowest BCUT2D eigenvalue weighted by Crippen LogP contribution is -2.40. The van der Waals surface area contributed by atoms with Gasteiger partial charge in [-0.3, -0.25) is 9.78 Å². The van der Waals surface area contributed by atoms with Crippen molar-refractivity contribution in [3.8, 4) is 5.75 Å². The number of carbonyl (C=O) groups excluding carboxylic acids is 1. The normalized spacial score (nSPS) is 18.9. The van der Waals surface area contributed by atoms with Crippen molar-refractivity contribution >= 4 is 16.8 Å². The molecule has 2 aromatic carbocycles. The average molecular weight is 366 g/mol. The van der Waals surface area contributed by atoms with E-state index >= 15 is 0 Å². The van der Waals surface area contributed by atoms with Crippen molar-refractivity contribution in [3.05, 3.63) is 70.7 Å². The molecule has 1 unspecified atom stereocenters. The summed E-state index contributed by atoms with van der Waals surface area (Å²) in [5, 5.41) is 12.1. The van der Waals surface area contributed by atoms with Gasteiger partial charge in [-0.05, 0) is 49.2 Å². The van der Waals surface area contributed by atoms with Gasteiger partial charge < -0.3 is 14.7 Å². The lowest BCUT2D eigenvalue weighted by atomic mass is 9.94. The molecule has 4 rings (SSSR count). The van der Waals surface area contributed by atoms with Crippen LogP contribution in [0.4, 0.5) is 4.39 Å². The summed E-state index contributed by atoms with van der Waals surface area (Å²) < 4.78 is 18.8. The first-order valence-electron chi connectivity index (χ1n) is 8.60. The van der Waals surface area contributed by atoms with Gasteiger partial charge in [0.2, 0.25) is 0 Å². The van der Waals surface area contributed by atoms with E-state index in [0.717, 1.165) is 10.9 Å². The van der Waals surface area contributed by atoms with Gasteiger partial charge in [-0.15, -0.1) is 0 Å². The van der Waals surface area contributed by atoms with Gasteiger partial charge in [-0.25, -0.2) is 4.39 Å². The number of aliphatic hydroxyl groups is 1. The molecule has 27 heavy (non-hydrogen) atoms. The van der Waals surface area contributed by atoms with E-state index in [0.29, 0.717) is 28.0 Å². The molecule has 1 aliphatic rings. The largest absolute Gasteiger partial charge is 0.496 e. The Morgan fingerprint density at radius 2 is 1.96 bits per heavy atom. The van der Waals surface area contributed by atoms with E-state index in [1.807, 2.05) is 13.0 Å². The summed E-state index contributed by atoms with van der Waals surface area (Å²) in [6.07, 6.45) is 1.66. The van der Waals surface area contributed by atoms with E-state index in [9.17, 15) is 14.3 Å². The number of fused-ring (bicyclic) bond motifs is 2. The molecule has 2 heterocycles. The molecule has 0 fully saturated rings. The molecule has 3 aromatic rings. The maximum absolute atomic E-state index is 13.2. The number of pyridine rings is 1. The van der Waals surface area contributed by atoms with Crippen LogP contribution < -0.4 is 4.74 Å². The summed E-state index contributed by atoms with van der Waals surface area (Å²) in [5.74, 6) is -0.210. The van der Waals surface area contributed by atoms with Crippen molar-refractivity contribution in [1.82, 2.24) is 9.88 Å². The number of amides is 1. The highest BCUT2D eigenvalue weighted by Gasteiger charge is 2.49. The van der Waals surface area contributed by atoms with Crippen molar-refractivity contribution < 1.29 is 19.0 Å². The van der Waals surface area contributed by atoms with Crippen LogP contribution in [0.1, 0.15) is 34.0 Å². The second-order valence-corrected chi connectivity index (χ2v) is 6.85. The van der Waals surface area contributed by atoms with E-state index < -0.39 is 5.72 Å². The van der Waals surface area contributed by atoms with Crippen LogP contribution in [0.5, 0.6) is 5.75 Å². The van der Waals surface area contributed by atoms with Gasteiger partial charge in [0.15, 0.2) is 5.72 Å². The van der Waals surface area contributed by atoms with E-state index in [4.69, 9.17) is 4.74 Å². The van der Waals surface area contributed by atoms with Gasteiger partial charge in [-0.2, -0.15) is 0 Å². The first-order valence-corrected chi connectivity index (χ1v) is 8.60. The summed E-state index contributed by atoms with van der Waals surface area (Å²) in [6, 6.07) is 9.52. The molecular weight excluding hydrogens is 347 g/mol. The lowest BCUT2D eigenvalue weighted by Gasteiger charge is -2.31. The van der Waals surface area contributed by atoms with Gasteiger partial charge in [0.25, 0.3) is 5.91 Å². The highest BCUT2D eigenvalue weighted by molar-refractivity contribution is 6.07. The molecule has 0 aliphatic carbocycles.